The van der Waals surface area contributed by atoms with E-state index in [9.17, 15) is 8.42 Å². The Balaban J connectivity index is 1.60. The Labute approximate surface area is 153 Å². The Morgan fingerprint density at radius 2 is 2.04 bits per heavy atom. The molecule has 1 aromatic carbocycles. The molecule has 0 unspecified atom stereocenters. The van der Waals surface area contributed by atoms with E-state index < -0.39 is 10.0 Å². The molecule has 25 heavy (non-hydrogen) atoms. The second-order valence-corrected chi connectivity index (χ2v) is 9.33. The topological polar surface area (TPSA) is 85.1 Å². The van der Waals surface area contributed by atoms with E-state index in [1.165, 1.54) is 6.07 Å². The summed E-state index contributed by atoms with van der Waals surface area (Å²) in [5.41, 5.74) is 1.24. The van der Waals surface area contributed by atoms with Gasteiger partial charge in [0.1, 0.15) is 4.21 Å². The second kappa shape index (κ2) is 6.12. The summed E-state index contributed by atoms with van der Waals surface area (Å²) in [6.45, 7) is 1.81. The van der Waals surface area contributed by atoms with Gasteiger partial charge in [0.15, 0.2) is 0 Å². The van der Waals surface area contributed by atoms with Crippen LogP contribution in [0.5, 0.6) is 0 Å². The number of nitrogens with zero attached hydrogens (tertiary/aromatic N) is 2. The van der Waals surface area contributed by atoms with Crippen molar-refractivity contribution in [1.82, 2.24) is 10.2 Å². The number of anilines is 1. The van der Waals surface area contributed by atoms with Gasteiger partial charge in [0, 0.05) is 10.9 Å². The SMILES string of the molecule is Cc1ccc(Cl)cc1NS(=O)(=O)c1ccc(-c2nnc(C3CC3)o2)s1. The van der Waals surface area contributed by atoms with Crippen molar-refractivity contribution in [3.8, 4) is 10.8 Å². The highest BCUT2D eigenvalue weighted by molar-refractivity contribution is 7.94. The third-order valence-corrected chi connectivity index (χ3v) is 7.03. The molecule has 0 saturated heterocycles. The average molecular weight is 396 g/mol. The van der Waals surface area contributed by atoms with Crippen LogP contribution in [0.15, 0.2) is 39.0 Å². The number of sulfonamides is 1. The fraction of sp³-hybridized carbons (Fsp3) is 0.250. The molecule has 130 valence electrons. The summed E-state index contributed by atoms with van der Waals surface area (Å²) in [7, 11) is -3.72. The van der Waals surface area contributed by atoms with Gasteiger partial charge in [-0.2, -0.15) is 0 Å². The van der Waals surface area contributed by atoms with Crippen molar-refractivity contribution < 1.29 is 12.8 Å². The van der Waals surface area contributed by atoms with Crippen LogP contribution in [-0.4, -0.2) is 18.6 Å². The maximum atomic E-state index is 12.6. The summed E-state index contributed by atoms with van der Waals surface area (Å²) in [6, 6.07) is 8.27. The fourth-order valence-electron chi connectivity index (χ4n) is 2.31. The second-order valence-electron chi connectivity index (χ2n) is 5.90. The number of hydrogen-bond donors (Lipinski definition) is 1. The van der Waals surface area contributed by atoms with Crippen molar-refractivity contribution >= 4 is 38.6 Å². The predicted molar refractivity (Wildman–Crippen MR) is 96.6 cm³/mol. The molecular weight excluding hydrogens is 382 g/mol. The Hall–Kier alpha value is -1.90. The average Bonchev–Trinajstić information content (AvgIpc) is 3.10. The van der Waals surface area contributed by atoms with E-state index in [0.29, 0.717) is 33.3 Å². The Morgan fingerprint density at radius 3 is 2.80 bits per heavy atom. The molecule has 4 rings (SSSR count). The van der Waals surface area contributed by atoms with Crippen LogP contribution in [0.3, 0.4) is 0 Å². The molecule has 2 heterocycles. The minimum absolute atomic E-state index is 0.174. The Kier molecular flexibility index (Phi) is 4.05. The minimum atomic E-state index is -3.72. The lowest BCUT2D eigenvalue weighted by Gasteiger charge is -2.09. The van der Waals surface area contributed by atoms with Crippen LogP contribution in [0.4, 0.5) is 5.69 Å². The lowest BCUT2D eigenvalue weighted by molar-refractivity contribution is 0.509. The molecule has 3 aromatic rings. The highest BCUT2D eigenvalue weighted by atomic mass is 35.5. The lowest BCUT2D eigenvalue weighted by atomic mass is 10.2. The van der Waals surface area contributed by atoms with Gasteiger partial charge in [-0.15, -0.1) is 21.5 Å². The molecule has 0 bridgehead atoms. The Bertz CT molecular complexity index is 1040. The molecule has 6 nitrogen and oxygen atoms in total. The van der Waals surface area contributed by atoms with Gasteiger partial charge in [0.25, 0.3) is 15.9 Å². The van der Waals surface area contributed by atoms with Crippen molar-refractivity contribution in [2.75, 3.05) is 4.72 Å². The van der Waals surface area contributed by atoms with E-state index in [4.69, 9.17) is 16.0 Å². The minimum Gasteiger partial charge on any atom is -0.420 e. The number of rotatable bonds is 5. The van der Waals surface area contributed by atoms with Gasteiger partial charge >= 0.3 is 0 Å². The molecule has 1 N–H and O–H groups in total. The van der Waals surface area contributed by atoms with E-state index >= 15 is 0 Å². The zero-order chi connectivity index (χ0) is 17.6. The smallest absolute Gasteiger partial charge is 0.271 e. The molecule has 1 aliphatic rings. The van der Waals surface area contributed by atoms with E-state index in [-0.39, 0.29) is 4.21 Å². The molecule has 1 saturated carbocycles. The quantitative estimate of drug-likeness (QED) is 0.690. The number of halogens is 1. The van der Waals surface area contributed by atoms with E-state index in [1.54, 1.807) is 24.3 Å². The first-order valence-corrected chi connectivity index (χ1v) is 10.3. The number of hydrogen-bond acceptors (Lipinski definition) is 6. The number of thiophene rings is 1. The number of aryl methyl sites for hydroxylation is 1. The van der Waals surface area contributed by atoms with Crippen LogP contribution < -0.4 is 4.72 Å². The van der Waals surface area contributed by atoms with Crippen molar-refractivity contribution in [1.29, 1.82) is 0 Å². The van der Waals surface area contributed by atoms with Crippen LogP contribution in [-0.2, 0) is 10.0 Å². The normalized spacial score (nSPS) is 14.6. The molecule has 1 fully saturated rings. The zero-order valence-corrected chi connectivity index (χ0v) is 15.6. The van der Waals surface area contributed by atoms with Crippen LogP contribution in [0.25, 0.3) is 10.8 Å². The lowest BCUT2D eigenvalue weighted by Crippen LogP contribution is -2.12. The fourth-order valence-corrected chi connectivity index (χ4v) is 4.83. The molecule has 0 aliphatic heterocycles. The highest BCUT2D eigenvalue weighted by Crippen LogP contribution is 2.40. The molecule has 9 heteroatoms. The van der Waals surface area contributed by atoms with Crippen LogP contribution >= 0.6 is 22.9 Å². The first kappa shape index (κ1) is 16.6. The highest BCUT2D eigenvalue weighted by Gasteiger charge is 2.30. The number of nitrogens with one attached hydrogen (secondary N) is 1. The van der Waals surface area contributed by atoms with Crippen molar-refractivity contribution in [3.05, 3.63) is 46.8 Å². The molecule has 0 radical (unpaired) electrons. The largest absolute Gasteiger partial charge is 0.420 e. The van der Waals surface area contributed by atoms with Crippen LogP contribution in [0.1, 0.15) is 30.2 Å². The summed E-state index contributed by atoms with van der Waals surface area (Å²) < 4.78 is 33.6. The van der Waals surface area contributed by atoms with E-state index in [1.807, 2.05) is 6.92 Å². The van der Waals surface area contributed by atoms with Gasteiger partial charge in [-0.05, 0) is 49.6 Å². The summed E-state index contributed by atoms with van der Waals surface area (Å²) in [5.74, 6) is 1.34. The maximum absolute atomic E-state index is 12.6. The van der Waals surface area contributed by atoms with Gasteiger partial charge in [0.05, 0.1) is 10.6 Å². The summed E-state index contributed by atoms with van der Waals surface area (Å²) >= 11 is 7.04. The monoisotopic (exact) mass is 395 g/mol. The molecule has 2 aromatic heterocycles. The van der Waals surface area contributed by atoms with E-state index in [0.717, 1.165) is 29.7 Å². The molecule has 0 amide bonds. The summed E-state index contributed by atoms with van der Waals surface area (Å²) in [4.78, 5) is 0.627. The maximum Gasteiger partial charge on any atom is 0.271 e. The first-order valence-electron chi connectivity index (χ1n) is 7.65. The Morgan fingerprint density at radius 1 is 1.24 bits per heavy atom. The van der Waals surface area contributed by atoms with Crippen molar-refractivity contribution in [3.63, 3.8) is 0 Å². The van der Waals surface area contributed by atoms with Crippen molar-refractivity contribution in [2.24, 2.45) is 0 Å². The van der Waals surface area contributed by atoms with Gasteiger partial charge in [-0.25, -0.2) is 8.42 Å². The number of aromatic nitrogens is 2. The standard InChI is InChI=1S/C16H14ClN3O3S2/c1-9-2-5-11(17)8-12(9)20-25(21,22)14-7-6-13(24-14)16-19-18-15(23-16)10-3-4-10/h2,5-8,10,20H,3-4H2,1H3. The third kappa shape index (κ3) is 3.42. The number of benzene rings is 1. The van der Waals surface area contributed by atoms with E-state index in [2.05, 4.69) is 14.9 Å². The predicted octanol–water partition coefficient (Wildman–Crippen LogP) is 4.44. The van der Waals surface area contributed by atoms with Crippen molar-refractivity contribution in [2.45, 2.75) is 29.9 Å². The van der Waals surface area contributed by atoms with Crippen LogP contribution in [0.2, 0.25) is 5.02 Å². The van der Waals surface area contributed by atoms with Gasteiger partial charge in [-0.3, -0.25) is 4.72 Å². The first-order chi connectivity index (χ1) is 11.9. The molecular formula is C16H14ClN3O3S2. The van der Waals surface area contributed by atoms with Gasteiger partial charge < -0.3 is 4.42 Å². The third-order valence-electron chi connectivity index (χ3n) is 3.87. The zero-order valence-electron chi connectivity index (χ0n) is 13.2. The summed E-state index contributed by atoms with van der Waals surface area (Å²) in [6.07, 6.45) is 2.13. The molecule has 0 spiro atoms. The van der Waals surface area contributed by atoms with Gasteiger partial charge in [-0.1, -0.05) is 17.7 Å². The van der Waals surface area contributed by atoms with Crippen LogP contribution in [0, 0.1) is 6.92 Å². The van der Waals surface area contributed by atoms with Gasteiger partial charge in [0.2, 0.25) is 5.89 Å². The molecule has 1 aliphatic carbocycles. The summed E-state index contributed by atoms with van der Waals surface area (Å²) in [5, 5.41) is 8.51. The molecule has 0 atom stereocenters.